The van der Waals surface area contributed by atoms with Crippen molar-refractivity contribution < 1.29 is 14.4 Å². The van der Waals surface area contributed by atoms with Crippen LogP contribution in [0.5, 0.6) is 11.5 Å². The SMILES string of the molecule is COc1cccc(CN(C)c2nc3sccn3c2[N+](=O)[O-])c1OC. The van der Waals surface area contributed by atoms with E-state index < -0.39 is 4.92 Å². The number of para-hydroxylation sites is 1. The Hall–Kier alpha value is -2.81. The van der Waals surface area contributed by atoms with Gasteiger partial charge in [0.1, 0.15) is 6.20 Å². The van der Waals surface area contributed by atoms with E-state index in [1.807, 2.05) is 12.1 Å². The van der Waals surface area contributed by atoms with Gasteiger partial charge < -0.3 is 24.5 Å². The standard InChI is InChI=1S/C15H16N4O4S/c1-17(9-10-5-4-6-11(22-2)12(10)23-3)13-14(19(20)21)18-7-8-24-15(18)16-13/h4-8H,9H2,1-3H3. The molecule has 0 saturated carbocycles. The molecule has 0 radical (unpaired) electrons. The molecule has 0 aliphatic carbocycles. The third kappa shape index (κ3) is 2.62. The van der Waals surface area contributed by atoms with Crippen molar-refractivity contribution in [1.29, 1.82) is 0 Å². The maximum Gasteiger partial charge on any atom is 0.373 e. The second kappa shape index (κ2) is 6.36. The van der Waals surface area contributed by atoms with Crippen molar-refractivity contribution in [3.8, 4) is 11.5 Å². The van der Waals surface area contributed by atoms with Crippen molar-refractivity contribution in [3.63, 3.8) is 0 Å². The fourth-order valence-electron chi connectivity index (χ4n) is 2.60. The molecule has 9 heteroatoms. The Bertz CT molecular complexity index is 889. The maximum absolute atomic E-state index is 11.5. The molecule has 0 N–H and O–H groups in total. The molecule has 3 aromatic rings. The highest BCUT2D eigenvalue weighted by Gasteiger charge is 2.27. The van der Waals surface area contributed by atoms with Crippen molar-refractivity contribution in [2.75, 3.05) is 26.2 Å². The van der Waals surface area contributed by atoms with Crippen LogP contribution in [0.4, 0.5) is 11.6 Å². The summed E-state index contributed by atoms with van der Waals surface area (Å²) in [5, 5.41) is 13.2. The molecule has 0 unspecified atom stereocenters. The summed E-state index contributed by atoms with van der Waals surface area (Å²) in [7, 11) is 4.90. The smallest absolute Gasteiger partial charge is 0.373 e. The Labute approximate surface area is 142 Å². The Morgan fingerprint density at radius 1 is 1.38 bits per heavy atom. The highest BCUT2D eigenvalue weighted by molar-refractivity contribution is 7.15. The van der Waals surface area contributed by atoms with Crippen LogP contribution < -0.4 is 14.4 Å². The number of hydrogen-bond donors (Lipinski definition) is 0. The van der Waals surface area contributed by atoms with E-state index in [4.69, 9.17) is 9.47 Å². The minimum atomic E-state index is -0.415. The molecule has 0 atom stereocenters. The molecular formula is C15H16N4O4S. The number of methoxy groups -OCH3 is 2. The van der Waals surface area contributed by atoms with E-state index in [9.17, 15) is 10.1 Å². The third-order valence-electron chi connectivity index (χ3n) is 3.65. The summed E-state index contributed by atoms with van der Waals surface area (Å²) < 4.78 is 12.2. The zero-order chi connectivity index (χ0) is 17.3. The lowest BCUT2D eigenvalue weighted by Gasteiger charge is -2.19. The van der Waals surface area contributed by atoms with E-state index in [-0.39, 0.29) is 5.82 Å². The molecule has 2 aromatic heterocycles. The van der Waals surface area contributed by atoms with Gasteiger partial charge in [-0.15, -0.1) is 0 Å². The number of aromatic nitrogens is 2. The molecule has 1 aromatic carbocycles. The molecule has 0 aliphatic heterocycles. The van der Waals surface area contributed by atoms with E-state index in [1.54, 1.807) is 43.8 Å². The minimum Gasteiger partial charge on any atom is -0.493 e. The van der Waals surface area contributed by atoms with Gasteiger partial charge >= 0.3 is 5.82 Å². The van der Waals surface area contributed by atoms with Crippen molar-refractivity contribution in [3.05, 3.63) is 45.5 Å². The second-order valence-corrected chi connectivity index (χ2v) is 5.95. The molecule has 0 aliphatic rings. The predicted molar refractivity (Wildman–Crippen MR) is 91.4 cm³/mol. The molecule has 0 fully saturated rings. The van der Waals surface area contributed by atoms with E-state index in [1.165, 1.54) is 15.7 Å². The fraction of sp³-hybridized carbons (Fsp3) is 0.267. The van der Waals surface area contributed by atoms with Crippen molar-refractivity contribution >= 4 is 27.9 Å². The first-order valence-corrected chi connectivity index (χ1v) is 7.95. The number of anilines is 1. The Morgan fingerprint density at radius 3 is 2.83 bits per heavy atom. The van der Waals surface area contributed by atoms with Crippen LogP contribution in [0.25, 0.3) is 4.96 Å². The average Bonchev–Trinajstić information content (AvgIpc) is 3.14. The second-order valence-electron chi connectivity index (χ2n) is 5.08. The van der Waals surface area contributed by atoms with Crippen LogP contribution in [0.1, 0.15) is 5.56 Å². The van der Waals surface area contributed by atoms with Gasteiger partial charge in [0.15, 0.2) is 11.5 Å². The zero-order valence-electron chi connectivity index (χ0n) is 13.4. The summed E-state index contributed by atoms with van der Waals surface area (Å²) >= 11 is 1.35. The van der Waals surface area contributed by atoms with E-state index in [0.717, 1.165) is 5.56 Å². The van der Waals surface area contributed by atoms with Crippen LogP contribution in [0.15, 0.2) is 29.8 Å². The van der Waals surface area contributed by atoms with Gasteiger partial charge in [-0.3, -0.25) is 0 Å². The summed E-state index contributed by atoms with van der Waals surface area (Å²) in [6.07, 6.45) is 1.65. The van der Waals surface area contributed by atoms with Gasteiger partial charge in [-0.2, -0.15) is 9.38 Å². The van der Waals surface area contributed by atoms with Crippen molar-refractivity contribution in [2.24, 2.45) is 0 Å². The van der Waals surface area contributed by atoms with Gasteiger partial charge in [0, 0.05) is 24.5 Å². The van der Waals surface area contributed by atoms with E-state index >= 15 is 0 Å². The van der Waals surface area contributed by atoms with Crippen LogP contribution >= 0.6 is 11.3 Å². The summed E-state index contributed by atoms with van der Waals surface area (Å²) in [6.45, 7) is 0.395. The summed E-state index contributed by atoms with van der Waals surface area (Å²) in [5.74, 6) is 1.49. The first-order chi connectivity index (χ1) is 11.6. The quantitative estimate of drug-likeness (QED) is 0.503. The monoisotopic (exact) mass is 348 g/mol. The average molecular weight is 348 g/mol. The van der Waals surface area contributed by atoms with Crippen LogP contribution in [0.3, 0.4) is 0 Å². The summed E-state index contributed by atoms with van der Waals surface area (Å²) in [6, 6.07) is 5.55. The first kappa shape index (κ1) is 16.1. The Balaban J connectivity index is 1.99. The highest BCUT2D eigenvalue weighted by atomic mass is 32.1. The van der Waals surface area contributed by atoms with Crippen LogP contribution in [0, 0.1) is 10.1 Å². The number of ether oxygens (including phenoxy) is 2. The molecule has 2 heterocycles. The maximum atomic E-state index is 11.5. The highest BCUT2D eigenvalue weighted by Crippen LogP contribution is 2.35. The van der Waals surface area contributed by atoms with Crippen molar-refractivity contribution in [1.82, 2.24) is 9.38 Å². The predicted octanol–water partition coefficient (Wildman–Crippen LogP) is 2.96. The van der Waals surface area contributed by atoms with Gasteiger partial charge in [-0.05, 0) is 11.0 Å². The number of hydrogen-bond acceptors (Lipinski definition) is 7. The molecule has 0 bridgehead atoms. The molecule has 0 amide bonds. The third-order valence-corrected chi connectivity index (χ3v) is 4.40. The molecule has 8 nitrogen and oxygen atoms in total. The largest absolute Gasteiger partial charge is 0.493 e. The topological polar surface area (TPSA) is 82.1 Å². The van der Waals surface area contributed by atoms with Crippen LogP contribution in [-0.2, 0) is 6.54 Å². The summed E-state index contributed by atoms with van der Waals surface area (Å²) in [4.78, 5) is 17.7. The number of nitro groups is 1. The molecule has 0 saturated heterocycles. The van der Waals surface area contributed by atoms with Gasteiger partial charge in [-0.25, -0.2) is 0 Å². The number of rotatable bonds is 6. The Kier molecular flexibility index (Phi) is 4.26. The minimum absolute atomic E-state index is 0.0457. The lowest BCUT2D eigenvalue weighted by molar-refractivity contribution is -0.389. The number of fused-ring (bicyclic) bond motifs is 1. The first-order valence-electron chi connectivity index (χ1n) is 7.07. The zero-order valence-corrected chi connectivity index (χ0v) is 14.2. The number of thiazole rings is 1. The van der Waals surface area contributed by atoms with Gasteiger partial charge in [0.05, 0.1) is 14.2 Å². The van der Waals surface area contributed by atoms with Crippen LogP contribution in [0.2, 0.25) is 0 Å². The summed E-state index contributed by atoms with van der Waals surface area (Å²) in [5.41, 5.74) is 0.852. The molecule has 126 valence electrons. The number of nitrogens with zero attached hydrogens (tertiary/aromatic N) is 4. The van der Waals surface area contributed by atoms with Crippen LogP contribution in [-0.4, -0.2) is 35.6 Å². The molecular weight excluding hydrogens is 332 g/mol. The lowest BCUT2D eigenvalue weighted by Crippen LogP contribution is -2.18. The van der Waals surface area contributed by atoms with Crippen molar-refractivity contribution in [2.45, 2.75) is 6.54 Å². The van der Waals surface area contributed by atoms with E-state index in [0.29, 0.717) is 28.8 Å². The molecule has 24 heavy (non-hydrogen) atoms. The van der Waals surface area contributed by atoms with Gasteiger partial charge in [0.2, 0.25) is 5.82 Å². The Morgan fingerprint density at radius 2 is 2.17 bits per heavy atom. The normalized spacial score (nSPS) is 10.8. The lowest BCUT2D eigenvalue weighted by atomic mass is 10.1. The van der Waals surface area contributed by atoms with E-state index in [2.05, 4.69) is 4.98 Å². The number of benzene rings is 1. The van der Waals surface area contributed by atoms with Gasteiger partial charge in [-0.1, -0.05) is 23.5 Å². The fourth-order valence-corrected chi connectivity index (χ4v) is 3.30. The molecule has 0 spiro atoms. The number of imidazole rings is 1. The van der Waals surface area contributed by atoms with Gasteiger partial charge in [0.25, 0.3) is 4.96 Å². The molecule has 3 rings (SSSR count).